The van der Waals surface area contributed by atoms with Gasteiger partial charge >= 0.3 is 0 Å². The van der Waals surface area contributed by atoms with E-state index in [0.717, 1.165) is 18.4 Å². The van der Waals surface area contributed by atoms with E-state index in [1.807, 2.05) is 0 Å². The van der Waals surface area contributed by atoms with Crippen LogP contribution in [0.15, 0.2) is 18.2 Å². The summed E-state index contributed by atoms with van der Waals surface area (Å²) < 4.78 is 18.2. The Kier molecular flexibility index (Phi) is 3.22. The minimum atomic E-state index is -0.283. The van der Waals surface area contributed by atoms with Gasteiger partial charge < -0.3 is 4.74 Å². The van der Waals surface area contributed by atoms with Gasteiger partial charge in [0.05, 0.1) is 7.11 Å². The van der Waals surface area contributed by atoms with Gasteiger partial charge in [-0.3, -0.25) is 4.79 Å². The van der Waals surface area contributed by atoms with E-state index in [4.69, 9.17) is 4.74 Å². The van der Waals surface area contributed by atoms with Crippen molar-refractivity contribution in [2.45, 2.75) is 25.7 Å². The Hall–Kier alpha value is -1.38. The molecule has 2 nitrogen and oxygen atoms in total. The topological polar surface area (TPSA) is 26.3 Å². The quantitative estimate of drug-likeness (QED) is 0.765. The highest BCUT2D eigenvalue weighted by Crippen LogP contribution is 2.32. The fourth-order valence-corrected chi connectivity index (χ4v) is 1.81. The van der Waals surface area contributed by atoms with E-state index in [0.29, 0.717) is 24.4 Å². The van der Waals surface area contributed by atoms with Crippen molar-refractivity contribution >= 4 is 5.78 Å². The standard InChI is InChI=1S/C13H15FO2/c1-16-13-7-5-11(14)8-10(13)4-6-12(15)9-2-3-9/h5,7-9H,2-4,6H2,1H3. The van der Waals surface area contributed by atoms with Crippen LogP contribution in [0.3, 0.4) is 0 Å². The molecule has 0 spiro atoms. The third-order valence-corrected chi connectivity index (χ3v) is 2.92. The van der Waals surface area contributed by atoms with Crippen molar-refractivity contribution in [2.75, 3.05) is 7.11 Å². The van der Waals surface area contributed by atoms with Gasteiger partial charge in [0.2, 0.25) is 0 Å². The number of aryl methyl sites for hydroxylation is 1. The van der Waals surface area contributed by atoms with Crippen LogP contribution in [0.1, 0.15) is 24.8 Å². The second-order valence-corrected chi connectivity index (χ2v) is 4.20. The first-order chi connectivity index (χ1) is 7.70. The number of carbonyl (C=O) groups excluding carboxylic acids is 1. The van der Waals surface area contributed by atoms with Gasteiger partial charge in [-0.05, 0) is 43.0 Å². The maximum absolute atomic E-state index is 13.0. The Balaban J connectivity index is 2.01. The molecule has 1 aliphatic carbocycles. The highest BCUT2D eigenvalue weighted by atomic mass is 19.1. The van der Waals surface area contributed by atoms with E-state index in [1.54, 1.807) is 13.2 Å². The molecule has 0 radical (unpaired) electrons. The summed E-state index contributed by atoms with van der Waals surface area (Å²) in [4.78, 5) is 11.5. The molecule has 1 saturated carbocycles. The first-order valence-corrected chi connectivity index (χ1v) is 5.56. The molecular formula is C13H15FO2. The largest absolute Gasteiger partial charge is 0.496 e. The Bertz CT molecular complexity index is 397. The molecule has 0 unspecified atom stereocenters. The molecule has 3 heteroatoms. The van der Waals surface area contributed by atoms with E-state index in [2.05, 4.69) is 0 Å². The maximum atomic E-state index is 13.0. The third kappa shape index (κ3) is 2.60. The van der Waals surface area contributed by atoms with Crippen LogP contribution in [0, 0.1) is 11.7 Å². The van der Waals surface area contributed by atoms with Crippen LogP contribution in [0.4, 0.5) is 4.39 Å². The number of ether oxygens (including phenoxy) is 1. The van der Waals surface area contributed by atoms with Gasteiger partial charge in [-0.1, -0.05) is 0 Å². The van der Waals surface area contributed by atoms with Crippen LogP contribution < -0.4 is 4.74 Å². The molecule has 1 aliphatic rings. The molecule has 16 heavy (non-hydrogen) atoms. The monoisotopic (exact) mass is 222 g/mol. The molecule has 0 bridgehead atoms. The number of ketones is 1. The lowest BCUT2D eigenvalue weighted by molar-refractivity contribution is -0.120. The number of carbonyl (C=O) groups is 1. The average molecular weight is 222 g/mol. The van der Waals surface area contributed by atoms with Crippen molar-refractivity contribution in [3.63, 3.8) is 0 Å². The Morgan fingerprint density at radius 3 is 2.88 bits per heavy atom. The van der Waals surface area contributed by atoms with Crippen molar-refractivity contribution in [2.24, 2.45) is 5.92 Å². The van der Waals surface area contributed by atoms with Crippen LogP contribution in [-0.2, 0) is 11.2 Å². The van der Waals surface area contributed by atoms with Crippen LogP contribution in [0.25, 0.3) is 0 Å². The fourth-order valence-electron chi connectivity index (χ4n) is 1.81. The molecule has 2 rings (SSSR count). The molecule has 1 aromatic rings. The number of hydrogen-bond donors (Lipinski definition) is 0. The van der Waals surface area contributed by atoms with Gasteiger partial charge in [0.25, 0.3) is 0 Å². The molecule has 0 atom stereocenters. The van der Waals surface area contributed by atoms with Gasteiger partial charge in [-0.15, -0.1) is 0 Å². The number of benzene rings is 1. The Labute approximate surface area is 94.4 Å². The summed E-state index contributed by atoms with van der Waals surface area (Å²) in [7, 11) is 1.56. The molecule has 1 aromatic carbocycles. The molecule has 0 saturated heterocycles. The van der Waals surface area contributed by atoms with Crippen LogP contribution in [-0.4, -0.2) is 12.9 Å². The molecule has 0 heterocycles. The van der Waals surface area contributed by atoms with Crippen molar-refractivity contribution in [3.05, 3.63) is 29.6 Å². The second kappa shape index (κ2) is 4.64. The molecule has 0 amide bonds. The summed E-state index contributed by atoms with van der Waals surface area (Å²) in [6.45, 7) is 0. The average Bonchev–Trinajstić information content (AvgIpc) is 3.10. The Morgan fingerprint density at radius 1 is 1.50 bits per heavy atom. The highest BCUT2D eigenvalue weighted by molar-refractivity contribution is 5.83. The predicted molar refractivity (Wildman–Crippen MR) is 59.0 cm³/mol. The van der Waals surface area contributed by atoms with Crippen LogP contribution in [0.2, 0.25) is 0 Å². The second-order valence-electron chi connectivity index (χ2n) is 4.20. The minimum absolute atomic E-state index is 0.277. The molecule has 86 valence electrons. The lowest BCUT2D eigenvalue weighted by atomic mass is 10.0. The van der Waals surface area contributed by atoms with Crippen LogP contribution >= 0.6 is 0 Å². The predicted octanol–water partition coefficient (Wildman–Crippen LogP) is 2.75. The number of rotatable bonds is 5. The van der Waals surface area contributed by atoms with E-state index < -0.39 is 0 Å². The molecule has 0 aromatic heterocycles. The van der Waals surface area contributed by atoms with Gasteiger partial charge in [0.1, 0.15) is 17.3 Å². The van der Waals surface area contributed by atoms with Gasteiger partial charge in [0.15, 0.2) is 0 Å². The van der Waals surface area contributed by atoms with Crippen molar-refractivity contribution in [1.29, 1.82) is 0 Å². The molecule has 1 fully saturated rings. The van der Waals surface area contributed by atoms with E-state index in [-0.39, 0.29) is 11.7 Å². The fraction of sp³-hybridized carbons (Fsp3) is 0.462. The summed E-state index contributed by atoms with van der Waals surface area (Å²) in [5, 5.41) is 0. The van der Waals surface area contributed by atoms with Crippen molar-refractivity contribution < 1.29 is 13.9 Å². The number of halogens is 1. The summed E-state index contributed by atoms with van der Waals surface area (Å²) in [5.74, 6) is 0.950. The zero-order valence-corrected chi connectivity index (χ0v) is 9.33. The number of methoxy groups -OCH3 is 1. The zero-order valence-electron chi connectivity index (χ0n) is 9.33. The SMILES string of the molecule is COc1ccc(F)cc1CCC(=O)C1CC1. The lowest BCUT2D eigenvalue weighted by Crippen LogP contribution is -2.03. The van der Waals surface area contributed by atoms with E-state index in [9.17, 15) is 9.18 Å². The van der Waals surface area contributed by atoms with Gasteiger partial charge in [-0.25, -0.2) is 4.39 Å². The van der Waals surface area contributed by atoms with E-state index in [1.165, 1.54) is 12.1 Å². The summed E-state index contributed by atoms with van der Waals surface area (Å²) in [6.07, 6.45) is 3.11. The minimum Gasteiger partial charge on any atom is -0.496 e. The number of hydrogen-bond acceptors (Lipinski definition) is 2. The maximum Gasteiger partial charge on any atom is 0.136 e. The molecule has 0 aliphatic heterocycles. The normalized spacial score (nSPS) is 14.9. The molecular weight excluding hydrogens is 207 g/mol. The van der Waals surface area contributed by atoms with Crippen molar-refractivity contribution in [3.8, 4) is 5.75 Å². The number of Topliss-reactive ketones (excluding diaryl/α,β-unsaturated/α-hetero) is 1. The zero-order chi connectivity index (χ0) is 11.5. The third-order valence-electron chi connectivity index (χ3n) is 2.92. The smallest absolute Gasteiger partial charge is 0.136 e. The lowest BCUT2D eigenvalue weighted by Gasteiger charge is -2.07. The molecule has 0 N–H and O–H groups in total. The van der Waals surface area contributed by atoms with Gasteiger partial charge in [-0.2, -0.15) is 0 Å². The Morgan fingerprint density at radius 2 is 2.25 bits per heavy atom. The van der Waals surface area contributed by atoms with E-state index >= 15 is 0 Å². The van der Waals surface area contributed by atoms with Gasteiger partial charge in [0, 0.05) is 12.3 Å². The summed E-state index contributed by atoms with van der Waals surface area (Å²) in [5.41, 5.74) is 0.775. The summed E-state index contributed by atoms with van der Waals surface area (Å²) in [6, 6.07) is 4.41. The summed E-state index contributed by atoms with van der Waals surface area (Å²) >= 11 is 0. The van der Waals surface area contributed by atoms with Crippen LogP contribution in [0.5, 0.6) is 5.75 Å². The van der Waals surface area contributed by atoms with Crippen molar-refractivity contribution in [1.82, 2.24) is 0 Å². The highest BCUT2D eigenvalue weighted by Gasteiger charge is 2.28. The first-order valence-electron chi connectivity index (χ1n) is 5.56. The first kappa shape index (κ1) is 11.1.